The Morgan fingerprint density at radius 3 is 2.32 bits per heavy atom. The third-order valence-electron chi connectivity index (χ3n) is 4.22. The van der Waals surface area contributed by atoms with Gasteiger partial charge in [0.05, 0.1) is 12.2 Å². The van der Waals surface area contributed by atoms with Gasteiger partial charge < -0.3 is 14.9 Å². The molecule has 3 aliphatic carbocycles. The Hall–Kier alpha value is -1.39. The van der Waals surface area contributed by atoms with Crippen molar-refractivity contribution in [1.29, 1.82) is 0 Å². The average Bonchev–Trinajstić information content (AvgIpc) is 2.41. The van der Waals surface area contributed by atoms with E-state index in [0.29, 0.717) is 32.3 Å². The highest BCUT2D eigenvalue weighted by Gasteiger charge is 2.49. The highest BCUT2D eigenvalue weighted by molar-refractivity contribution is 5.27. The molecule has 19 heavy (non-hydrogen) atoms. The minimum Gasteiger partial charge on any atom is -0.508 e. The number of phenolic OH excluding ortho intramolecular Hbond substituents is 1. The van der Waals surface area contributed by atoms with E-state index in [1.54, 1.807) is 24.3 Å². The molecule has 0 aliphatic heterocycles. The molecule has 0 radical (unpaired) electrons. The Morgan fingerprint density at radius 1 is 1.11 bits per heavy atom. The highest BCUT2D eigenvalue weighted by Crippen LogP contribution is 2.48. The normalized spacial score (nSPS) is 33.3. The number of ether oxygens (including phenoxy) is 1. The van der Waals surface area contributed by atoms with Crippen molar-refractivity contribution in [3.8, 4) is 5.75 Å². The van der Waals surface area contributed by atoms with E-state index in [1.165, 1.54) is 6.08 Å². The van der Waals surface area contributed by atoms with E-state index in [4.69, 9.17) is 4.74 Å². The second kappa shape index (κ2) is 4.32. The van der Waals surface area contributed by atoms with Crippen LogP contribution in [0.3, 0.4) is 0 Å². The average molecular weight is 264 g/mol. The fraction of sp³-hybridized carbons (Fsp3) is 0.467. The third-order valence-corrected chi connectivity index (χ3v) is 4.22. The molecule has 1 fully saturated rings. The molecule has 0 spiro atoms. The molecule has 1 saturated carbocycles. The topological polar surface area (TPSA) is 49.7 Å². The van der Waals surface area contributed by atoms with Gasteiger partial charge in [0.1, 0.15) is 17.2 Å². The van der Waals surface area contributed by atoms with Crippen molar-refractivity contribution < 1.29 is 19.3 Å². The largest absolute Gasteiger partial charge is 0.508 e. The summed E-state index contributed by atoms with van der Waals surface area (Å²) in [6, 6.07) is 6.78. The summed E-state index contributed by atoms with van der Waals surface area (Å²) in [6.07, 6.45) is 3.58. The molecule has 3 aliphatic rings. The molecular weight excluding hydrogens is 247 g/mol. The molecule has 1 aromatic rings. The summed E-state index contributed by atoms with van der Waals surface area (Å²) >= 11 is 0. The second-order valence-electron chi connectivity index (χ2n) is 5.54. The van der Waals surface area contributed by atoms with Crippen LogP contribution >= 0.6 is 0 Å². The zero-order chi connectivity index (χ0) is 13.5. The Morgan fingerprint density at radius 2 is 1.74 bits per heavy atom. The number of aromatic hydroxyl groups is 1. The third kappa shape index (κ3) is 2.26. The fourth-order valence-corrected chi connectivity index (χ4v) is 2.84. The molecule has 0 unspecified atom stereocenters. The molecule has 0 saturated heterocycles. The number of hydrogen-bond acceptors (Lipinski definition) is 3. The zero-order valence-corrected chi connectivity index (χ0v) is 10.6. The van der Waals surface area contributed by atoms with E-state index in [2.05, 4.69) is 0 Å². The standard InChI is InChI=1S/C15H17FO3/c16-13-9-14(5-7-15(13,18)8-6-14)19-10-11-1-3-12(17)4-2-11/h1-4,9,17-18H,5-8,10H2. The van der Waals surface area contributed by atoms with Crippen molar-refractivity contribution in [2.24, 2.45) is 0 Å². The molecule has 2 N–H and O–H groups in total. The van der Waals surface area contributed by atoms with Crippen LogP contribution in [0.25, 0.3) is 0 Å². The van der Waals surface area contributed by atoms with E-state index in [0.717, 1.165) is 5.56 Å². The van der Waals surface area contributed by atoms with Gasteiger partial charge in [-0.25, -0.2) is 4.39 Å². The molecule has 0 heterocycles. The number of hydrogen-bond donors (Lipinski definition) is 2. The van der Waals surface area contributed by atoms with Crippen LogP contribution in [0, 0.1) is 0 Å². The second-order valence-corrected chi connectivity index (χ2v) is 5.54. The van der Waals surface area contributed by atoms with Crippen molar-refractivity contribution in [1.82, 2.24) is 0 Å². The number of fused-ring (bicyclic) bond motifs is 2. The minimum absolute atomic E-state index is 0.216. The first-order chi connectivity index (χ1) is 9.01. The monoisotopic (exact) mass is 264 g/mol. The molecule has 0 aromatic heterocycles. The van der Waals surface area contributed by atoms with Gasteiger partial charge in [-0.2, -0.15) is 0 Å². The maximum absolute atomic E-state index is 13.8. The molecule has 0 atom stereocenters. The van der Waals surface area contributed by atoms with E-state index in [1.807, 2.05) is 0 Å². The zero-order valence-electron chi connectivity index (χ0n) is 10.6. The van der Waals surface area contributed by atoms with E-state index < -0.39 is 17.0 Å². The van der Waals surface area contributed by atoms with Crippen LogP contribution < -0.4 is 0 Å². The van der Waals surface area contributed by atoms with Gasteiger partial charge in [-0.1, -0.05) is 12.1 Å². The number of rotatable bonds is 3. The first kappa shape index (κ1) is 12.6. The lowest BCUT2D eigenvalue weighted by Crippen LogP contribution is -2.49. The van der Waals surface area contributed by atoms with Gasteiger partial charge in [-0.05, 0) is 49.5 Å². The quantitative estimate of drug-likeness (QED) is 0.882. The molecule has 102 valence electrons. The van der Waals surface area contributed by atoms with Crippen LogP contribution in [0.5, 0.6) is 5.75 Å². The Labute approximate surface area is 111 Å². The first-order valence-electron chi connectivity index (χ1n) is 6.55. The number of phenols is 1. The van der Waals surface area contributed by atoms with Crippen LogP contribution in [0.4, 0.5) is 4.39 Å². The minimum atomic E-state index is -1.25. The predicted molar refractivity (Wildman–Crippen MR) is 68.2 cm³/mol. The maximum Gasteiger partial charge on any atom is 0.130 e. The first-order valence-corrected chi connectivity index (χ1v) is 6.55. The van der Waals surface area contributed by atoms with Crippen molar-refractivity contribution in [2.45, 2.75) is 43.5 Å². The summed E-state index contributed by atoms with van der Waals surface area (Å²) in [5.74, 6) is -0.232. The SMILES string of the molecule is Oc1ccc(COC23C=C(F)C(O)(CC2)CC3)cc1. The van der Waals surface area contributed by atoms with Gasteiger partial charge in [0.2, 0.25) is 0 Å². The lowest BCUT2D eigenvalue weighted by atomic mass is 9.69. The lowest BCUT2D eigenvalue weighted by molar-refractivity contribution is -0.111. The number of halogens is 1. The van der Waals surface area contributed by atoms with Crippen molar-refractivity contribution >= 4 is 0 Å². The molecule has 2 bridgehead atoms. The van der Waals surface area contributed by atoms with Gasteiger partial charge in [-0.15, -0.1) is 0 Å². The molecular formula is C15H17FO3. The molecule has 1 aromatic carbocycles. The smallest absolute Gasteiger partial charge is 0.130 e. The summed E-state index contributed by atoms with van der Waals surface area (Å²) < 4.78 is 19.7. The molecule has 0 amide bonds. The van der Waals surface area contributed by atoms with Crippen molar-refractivity contribution in [3.05, 3.63) is 41.7 Å². The van der Waals surface area contributed by atoms with Gasteiger partial charge >= 0.3 is 0 Å². The predicted octanol–water partition coefficient (Wildman–Crippen LogP) is 2.82. The van der Waals surface area contributed by atoms with Crippen molar-refractivity contribution in [3.63, 3.8) is 0 Å². The Bertz CT molecular complexity index is 499. The fourth-order valence-electron chi connectivity index (χ4n) is 2.84. The summed E-state index contributed by atoms with van der Waals surface area (Å²) in [6.45, 7) is 0.377. The van der Waals surface area contributed by atoms with Gasteiger partial charge in [-0.3, -0.25) is 0 Å². The summed E-state index contributed by atoms with van der Waals surface area (Å²) in [7, 11) is 0. The van der Waals surface area contributed by atoms with Crippen molar-refractivity contribution in [2.75, 3.05) is 0 Å². The van der Waals surface area contributed by atoms with Crippen LogP contribution in [-0.4, -0.2) is 21.4 Å². The van der Waals surface area contributed by atoms with Crippen LogP contribution in [-0.2, 0) is 11.3 Å². The van der Waals surface area contributed by atoms with Crippen LogP contribution in [0.1, 0.15) is 31.2 Å². The summed E-state index contributed by atoms with van der Waals surface area (Å²) in [4.78, 5) is 0. The summed E-state index contributed by atoms with van der Waals surface area (Å²) in [5.41, 5.74) is -0.886. The van der Waals surface area contributed by atoms with Crippen LogP contribution in [0.15, 0.2) is 36.2 Å². The Kier molecular flexibility index (Phi) is 2.87. The molecule has 4 heteroatoms. The van der Waals surface area contributed by atoms with E-state index >= 15 is 0 Å². The van der Waals surface area contributed by atoms with E-state index in [9.17, 15) is 14.6 Å². The number of benzene rings is 1. The highest BCUT2D eigenvalue weighted by atomic mass is 19.1. The maximum atomic E-state index is 13.8. The van der Waals surface area contributed by atoms with Crippen LogP contribution in [0.2, 0.25) is 0 Å². The Balaban J connectivity index is 1.72. The van der Waals surface area contributed by atoms with Gasteiger partial charge in [0.25, 0.3) is 0 Å². The molecule has 4 rings (SSSR count). The number of aliphatic hydroxyl groups is 1. The van der Waals surface area contributed by atoms with E-state index in [-0.39, 0.29) is 5.75 Å². The summed E-state index contributed by atoms with van der Waals surface area (Å²) in [5, 5.41) is 19.2. The molecule has 3 nitrogen and oxygen atoms in total. The van der Waals surface area contributed by atoms with Gasteiger partial charge in [0.15, 0.2) is 0 Å². The van der Waals surface area contributed by atoms with Gasteiger partial charge in [0, 0.05) is 0 Å². The lowest BCUT2D eigenvalue weighted by Gasteiger charge is -2.46.